The van der Waals surface area contributed by atoms with Gasteiger partial charge in [0.15, 0.2) is 0 Å². The maximum atomic E-state index is 12.6. The van der Waals surface area contributed by atoms with Gasteiger partial charge in [-0.15, -0.1) is 0 Å². The lowest BCUT2D eigenvalue weighted by molar-refractivity contribution is -0.148. The van der Waals surface area contributed by atoms with Crippen LogP contribution < -0.4 is 10.1 Å². The van der Waals surface area contributed by atoms with Gasteiger partial charge in [-0.3, -0.25) is 19.7 Å². The third kappa shape index (κ3) is 4.74. The van der Waals surface area contributed by atoms with Crippen molar-refractivity contribution in [2.75, 3.05) is 6.54 Å². The van der Waals surface area contributed by atoms with Crippen LogP contribution in [0.2, 0.25) is 0 Å². The SMILES string of the molecule is O=C(NCC1(C(=O)O)CCCC1)c1cccc(COc2ccc(-c3ccn[nH]3)nc2)c1. The average Bonchev–Trinajstić information content (AvgIpc) is 3.50. The number of aliphatic carboxylic acids is 1. The number of carbonyl (C=O) groups excluding carboxylic acids is 1. The summed E-state index contributed by atoms with van der Waals surface area (Å²) in [6.07, 6.45) is 6.27. The molecule has 31 heavy (non-hydrogen) atoms. The molecule has 8 heteroatoms. The van der Waals surface area contributed by atoms with Gasteiger partial charge in [-0.2, -0.15) is 5.10 Å². The number of H-pyrrole nitrogens is 1. The molecule has 3 N–H and O–H groups in total. The zero-order valence-corrected chi connectivity index (χ0v) is 17.0. The van der Waals surface area contributed by atoms with Crippen molar-refractivity contribution in [3.05, 3.63) is 66.0 Å². The molecular formula is C23H24N4O4. The first kappa shape index (κ1) is 20.6. The third-order valence-electron chi connectivity index (χ3n) is 5.71. The first-order valence-corrected chi connectivity index (χ1v) is 10.2. The monoisotopic (exact) mass is 420 g/mol. The molecule has 160 valence electrons. The number of nitrogens with one attached hydrogen (secondary N) is 2. The molecule has 1 amide bonds. The Morgan fingerprint density at radius 2 is 2.00 bits per heavy atom. The Morgan fingerprint density at radius 3 is 2.68 bits per heavy atom. The summed E-state index contributed by atoms with van der Waals surface area (Å²) in [5.41, 5.74) is 2.06. The van der Waals surface area contributed by atoms with Crippen molar-refractivity contribution in [1.82, 2.24) is 20.5 Å². The number of carbonyl (C=O) groups is 2. The maximum Gasteiger partial charge on any atom is 0.311 e. The Morgan fingerprint density at radius 1 is 1.16 bits per heavy atom. The molecule has 1 aliphatic carbocycles. The number of hydrogen-bond donors (Lipinski definition) is 3. The quantitative estimate of drug-likeness (QED) is 0.514. The van der Waals surface area contributed by atoms with E-state index in [0.717, 1.165) is 29.8 Å². The molecule has 2 aromatic heterocycles. The van der Waals surface area contributed by atoms with E-state index >= 15 is 0 Å². The van der Waals surface area contributed by atoms with Crippen LogP contribution in [-0.2, 0) is 11.4 Å². The summed E-state index contributed by atoms with van der Waals surface area (Å²) in [5.74, 6) is -0.498. The highest BCUT2D eigenvalue weighted by molar-refractivity contribution is 5.94. The number of ether oxygens (including phenoxy) is 1. The van der Waals surface area contributed by atoms with E-state index < -0.39 is 11.4 Å². The number of aromatic amines is 1. The zero-order chi connectivity index (χ0) is 21.7. The molecule has 3 aromatic rings. The third-order valence-corrected chi connectivity index (χ3v) is 5.71. The lowest BCUT2D eigenvalue weighted by Gasteiger charge is -2.24. The maximum absolute atomic E-state index is 12.6. The van der Waals surface area contributed by atoms with Crippen LogP contribution in [0.4, 0.5) is 0 Å². The van der Waals surface area contributed by atoms with Crippen LogP contribution in [0.25, 0.3) is 11.4 Å². The van der Waals surface area contributed by atoms with Gasteiger partial charge < -0.3 is 15.2 Å². The second-order valence-electron chi connectivity index (χ2n) is 7.81. The van der Waals surface area contributed by atoms with E-state index in [-0.39, 0.29) is 19.1 Å². The number of hydrogen-bond acceptors (Lipinski definition) is 5. The lowest BCUT2D eigenvalue weighted by atomic mass is 9.86. The molecule has 1 aliphatic rings. The van der Waals surface area contributed by atoms with Gasteiger partial charge in [0.25, 0.3) is 5.91 Å². The lowest BCUT2D eigenvalue weighted by Crippen LogP contribution is -2.41. The van der Waals surface area contributed by atoms with E-state index in [1.54, 1.807) is 30.6 Å². The molecule has 1 saturated carbocycles. The molecule has 0 spiro atoms. The van der Waals surface area contributed by atoms with Crippen molar-refractivity contribution in [1.29, 1.82) is 0 Å². The van der Waals surface area contributed by atoms with Crippen molar-refractivity contribution in [3.63, 3.8) is 0 Å². The van der Waals surface area contributed by atoms with Crippen molar-refractivity contribution in [3.8, 4) is 17.1 Å². The van der Waals surface area contributed by atoms with Gasteiger partial charge >= 0.3 is 5.97 Å². The topological polar surface area (TPSA) is 117 Å². The summed E-state index contributed by atoms with van der Waals surface area (Å²) in [5, 5.41) is 19.1. The number of rotatable bonds is 8. The molecule has 0 atom stereocenters. The summed E-state index contributed by atoms with van der Waals surface area (Å²) in [4.78, 5) is 28.6. The first-order chi connectivity index (χ1) is 15.1. The molecule has 1 fully saturated rings. The summed E-state index contributed by atoms with van der Waals surface area (Å²) >= 11 is 0. The molecule has 0 saturated heterocycles. The normalized spacial score (nSPS) is 14.8. The number of benzene rings is 1. The minimum Gasteiger partial charge on any atom is -0.487 e. The second kappa shape index (κ2) is 8.99. The molecule has 1 aromatic carbocycles. The van der Waals surface area contributed by atoms with Crippen LogP contribution in [0, 0.1) is 5.41 Å². The summed E-state index contributed by atoms with van der Waals surface area (Å²) in [6, 6.07) is 12.6. The standard InChI is InChI=1S/C23H24N4O4/c28-21(25-15-23(22(29)30)9-1-2-10-23)17-5-3-4-16(12-17)14-31-18-6-7-19(24-13-18)20-8-11-26-27-20/h3-8,11-13H,1-2,9-10,14-15H2,(H,25,28)(H,26,27)(H,29,30). The smallest absolute Gasteiger partial charge is 0.311 e. The number of carboxylic acid groups (broad SMARTS) is 1. The molecule has 0 bridgehead atoms. The fourth-order valence-electron chi connectivity index (χ4n) is 3.86. The zero-order valence-electron chi connectivity index (χ0n) is 17.0. The van der Waals surface area contributed by atoms with E-state index in [9.17, 15) is 14.7 Å². The fourth-order valence-corrected chi connectivity index (χ4v) is 3.86. The Bertz CT molecular complexity index is 1040. The highest BCUT2D eigenvalue weighted by atomic mass is 16.5. The van der Waals surface area contributed by atoms with Gasteiger partial charge in [-0.25, -0.2) is 0 Å². The number of pyridine rings is 1. The van der Waals surface area contributed by atoms with E-state index in [1.165, 1.54) is 0 Å². The van der Waals surface area contributed by atoms with Crippen LogP contribution in [0.3, 0.4) is 0 Å². The van der Waals surface area contributed by atoms with Crippen LogP contribution in [-0.4, -0.2) is 38.7 Å². The molecule has 8 nitrogen and oxygen atoms in total. The highest BCUT2D eigenvalue weighted by Gasteiger charge is 2.41. The van der Waals surface area contributed by atoms with Crippen LogP contribution in [0.15, 0.2) is 54.9 Å². The van der Waals surface area contributed by atoms with Crippen molar-refractivity contribution >= 4 is 11.9 Å². The van der Waals surface area contributed by atoms with Crippen LogP contribution in [0.1, 0.15) is 41.6 Å². The predicted octanol–water partition coefficient (Wildman–Crippen LogP) is 3.43. The minimum absolute atomic E-state index is 0.149. The number of amides is 1. The summed E-state index contributed by atoms with van der Waals surface area (Å²) in [6.45, 7) is 0.432. The largest absolute Gasteiger partial charge is 0.487 e. The van der Waals surface area contributed by atoms with Crippen LogP contribution >= 0.6 is 0 Å². The highest BCUT2D eigenvalue weighted by Crippen LogP contribution is 2.37. The Hall–Kier alpha value is -3.68. The van der Waals surface area contributed by atoms with Gasteiger partial charge in [0.1, 0.15) is 12.4 Å². The van der Waals surface area contributed by atoms with E-state index in [4.69, 9.17) is 4.74 Å². The van der Waals surface area contributed by atoms with E-state index in [2.05, 4.69) is 20.5 Å². The second-order valence-corrected chi connectivity index (χ2v) is 7.81. The van der Waals surface area contributed by atoms with Crippen molar-refractivity contribution in [2.45, 2.75) is 32.3 Å². The molecule has 0 radical (unpaired) electrons. The molecule has 4 rings (SSSR count). The predicted molar refractivity (Wildman–Crippen MR) is 113 cm³/mol. The number of carboxylic acids is 1. The number of aromatic nitrogens is 3. The van der Waals surface area contributed by atoms with E-state index in [0.29, 0.717) is 24.2 Å². The molecular weight excluding hydrogens is 396 g/mol. The first-order valence-electron chi connectivity index (χ1n) is 10.2. The van der Waals surface area contributed by atoms with Gasteiger partial charge in [0.2, 0.25) is 0 Å². The van der Waals surface area contributed by atoms with Crippen molar-refractivity contribution < 1.29 is 19.4 Å². The van der Waals surface area contributed by atoms with Gasteiger partial charge in [0, 0.05) is 18.3 Å². The number of nitrogens with zero attached hydrogens (tertiary/aromatic N) is 2. The van der Waals surface area contributed by atoms with Gasteiger partial charge in [-0.05, 0) is 48.7 Å². The Balaban J connectivity index is 1.34. The average molecular weight is 420 g/mol. The fraction of sp³-hybridized carbons (Fsp3) is 0.304. The molecule has 2 heterocycles. The summed E-state index contributed by atoms with van der Waals surface area (Å²) in [7, 11) is 0. The summed E-state index contributed by atoms with van der Waals surface area (Å²) < 4.78 is 5.79. The van der Waals surface area contributed by atoms with Gasteiger partial charge in [0.05, 0.1) is 23.0 Å². The minimum atomic E-state index is -0.842. The molecule has 0 unspecified atom stereocenters. The van der Waals surface area contributed by atoms with Gasteiger partial charge in [-0.1, -0.05) is 25.0 Å². The van der Waals surface area contributed by atoms with Crippen molar-refractivity contribution in [2.24, 2.45) is 5.41 Å². The Labute approximate surface area is 179 Å². The van der Waals surface area contributed by atoms with Crippen LogP contribution in [0.5, 0.6) is 5.75 Å². The molecule has 0 aliphatic heterocycles. The Kier molecular flexibility index (Phi) is 5.97. The van der Waals surface area contributed by atoms with E-state index in [1.807, 2.05) is 24.3 Å².